The summed E-state index contributed by atoms with van der Waals surface area (Å²) in [6, 6.07) is 21.2. The Morgan fingerprint density at radius 2 is 1.47 bits per heavy atom. The fraction of sp³-hybridized carbons (Fsp3) is 0.519. The molecular formula is C27H39NO3Si. The molecule has 0 saturated carbocycles. The second kappa shape index (κ2) is 11.1. The minimum absolute atomic E-state index is 0.0161. The molecule has 174 valence electrons. The zero-order valence-electron chi connectivity index (χ0n) is 20.1. The van der Waals surface area contributed by atoms with Crippen LogP contribution in [0.2, 0.25) is 5.04 Å². The summed E-state index contributed by atoms with van der Waals surface area (Å²) in [4.78, 5) is 12.1. The highest BCUT2D eigenvalue weighted by atomic mass is 28.4. The molecule has 1 aliphatic rings. The van der Waals surface area contributed by atoms with Crippen LogP contribution in [0, 0.1) is 0 Å². The van der Waals surface area contributed by atoms with Gasteiger partial charge in [0.05, 0.1) is 12.6 Å². The van der Waals surface area contributed by atoms with E-state index in [0.29, 0.717) is 6.61 Å². The summed E-state index contributed by atoms with van der Waals surface area (Å²) in [6.45, 7) is 9.44. The standard InChI is InChI=1S/C27H39NO3Si/c1-5-6-7-8-15-20-24-25(31-26(29)28-24)21-30-32(27(2,3)4,22-16-11-9-12-17-22)23-18-13-10-14-19-23/h9-14,16-19,24-25H,5-8,15,20-21H2,1-4H3,(H,28,29)/t24-,25-/m1/s1. The van der Waals surface area contributed by atoms with E-state index >= 15 is 0 Å². The molecule has 2 atom stereocenters. The van der Waals surface area contributed by atoms with Gasteiger partial charge in [-0.3, -0.25) is 0 Å². The van der Waals surface area contributed by atoms with Crippen molar-refractivity contribution in [3.05, 3.63) is 60.7 Å². The number of unbranched alkanes of at least 4 members (excludes halogenated alkanes) is 4. The van der Waals surface area contributed by atoms with Crippen molar-refractivity contribution in [2.75, 3.05) is 6.61 Å². The van der Waals surface area contributed by atoms with Crippen LogP contribution < -0.4 is 15.7 Å². The molecule has 1 saturated heterocycles. The maximum Gasteiger partial charge on any atom is 0.407 e. The Kier molecular flexibility index (Phi) is 8.55. The molecule has 2 aromatic rings. The molecule has 1 N–H and O–H groups in total. The number of hydrogen-bond donors (Lipinski definition) is 1. The second-order valence-corrected chi connectivity index (χ2v) is 14.2. The molecule has 1 aliphatic heterocycles. The summed E-state index contributed by atoms with van der Waals surface area (Å²) in [5.41, 5.74) is 0. The molecule has 1 fully saturated rings. The Bertz CT molecular complexity index is 795. The third-order valence-corrected chi connectivity index (χ3v) is 11.5. The predicted molar refractivity (Wildman–Crippen MR) is 134 cm³/mol. The third-order valence-electron chi connectivity index (χ3n) is 6.51. The lowest BCUT2D eigenvalue weighted by Crippen LogP contribution is -2.67. The Labute approximate surface area is 194 Å². The zero-order valence-corrected chi connectivity index (χ0v) is 21.1. The van der Waals surface area contributed by atoms with Crippen LogP contribution >= 0.6 is 0 Å². The first-order chi connectivity index (χ1) is 15.4. The highest BCUT2D eigenvalue weighted by molar-refractivity contribution is 6.99. The molecule has 2 aromatic carbocycles. The van der Waals surface area contributed by atoms with Crippen LogP contribution in [0.4, 0.5) is 4.79 Å². The molecule has 0 unspecified atom stereocenters. The highest BCUT2D eigenvalue weighted by Gasteiger charge is 2.51. The SMILES string of the molecule is CCCCCCC[C@H]1NC(=O)O[C@@H]1CO[Si](c1ccccc1)(c1ccccc1)C(C)(C)C. The fourth-order valence-electron chi connectivity index (χ4n) is 4.84. The number of rotatable bonds is 11. The largest absolute Gasteiger partial charge is 0.442 e. The summed E-state index contributed by atoms with van der Waals surface area (Å²) in [5, 5.41) is 5.41. The number of ether oxygens (including phenoxy) is 1. The summed E-state index contributed by atoms with van der Waals surface area (Å²) in [7, 11) is -2.64. The number of amides is 1. The quantitative estimate of drug-likeness (QED) is 0.366. The van der Waals surface area contributed by atoms with Gasteiger partial charge < -0.3 is 14.5 Å². The fourth-order valence-corrected chi connectivity index (χ4v) is 9.41. The minimum atomic E-state index is -2.64. The molecule has 0 bridgehead atoms. The number of carbonyl (C=O) groups is 1. The summed E-state index contributed by atoms with van der Waals surface area (Å²) >= 11 is 0. The van der Waals surface area contributed by atoms with Crippen LogP contribution in [0.3, 0.4) is 0 Å². The molecule has 4 nitrogen and oxygen atoms in total. The van der Waals surface area contributed by atoms with Gasteiger partial charge in [0, 0.05) is 0 Å². The van der Waals surface area contributed by atoms with E-state index in [4.69, 9.17) is 9.16 Å². The normalized spacial score (nSPS) is 18.9. The van der Waals surface area contributed by atoms with Gasteiger partial charge in [-0.1, -0.05) is 120 Å². The van der Waals surface area contributed by atoms with E-state index in [0.717, 1.165) is 12.8 Å². The monoisotopic (exact) mass is 453 g/mol. The van der Waals surface area contributed by atoms with Crippen molar-refractivity contribution in [2.45, 2.75) is 83.4 Å². The minimum Gasteiger partial charge on any atom is -0.442 e. The lowest BCUT2D eigenvalue weighted by molar-refractivity contribution is 0.0865. The topological polar surface area (TPSA) is 47.6 Å². The average molecular weight is 454 g/mol. The lowest BCUT2D eigenvalue weighted by Gasteiger charge is -2.43. The number of cyclic esters (lactones) is 1. The number of carbonyl (C=O) groups excluding carboxylic acids is 1. The Morgan fingerprint density at radius 1 is 0.906 bits per heavy atom. The first kappa shape index (κ1) is 24.5. The third kappa shape index (κ3) is 5.62. The number of nitrogens with one attached hydrogen (secondary N) is 1. The lowest BCUT2D eigenvalue weighted by atomic mass is 10.0. The highest BCUT2D eigenvalue weighted by Crippen LogP contribution is 2.37. The zero-order chi connectivity index (χ0) is 23.0. The van der Waals surface area contributed by atoms with Crippen molar-refractivity contribution in [2.24, 2.45) is 0 Å². The summed E-state index contributed by atoms with van der Waals surface area (Å²) in [5.74, 6) is 0. The number of alkyl carbamates (subject to hydrolysis) is 1. The van der Waals surface area contributed by atoms with E-state index in [1.165, 1.54) is 36.1 Å². The van der Waals surface area contributed by atoms with Crippen molar-refractivity contribution in [1.29, 1.82) is 0 Å². The molecule has 0 spiro atoms. The van der Waals surface area contributed by atoms with Crippen LogP contribution in [0.1, 0.15) is 66.2 Å². The van der Waals surface area contributed by atoms with Gasteiger partial charge in [0.1, 0.15) is 6.10 Å². The van der Waals surface area contributed by atoms with E-state index in [1.54, 1.807) is 0 Å². The van der Waals surface area contributed by atoms with Crippen molar-refractivity contribution in [3.63, 3.8) is 0 Å². The second-order valence-electron chi connectivity index (χ2n) is 9.87. The molecule has 1 heterocycles. The van der Waals surface area contributed by atoms with Gasteiger partial charge in [-0.15, -0.1) is 0 Å². The Balaban J connectivity index is 1.83. The molecule has 0 radical (unpaired) electrons. The Hall–Kier alpha value is -2.11. The maximum absolute atomic E-state index is 12.1. The van der Waals surface area contributed by atoms with Gasteiger partial charge in [-0.25, -0.2) is 4.79 Å². The molecule has 1 amide bonds. The van der Waals surface area contributed by atoms with Crippen LogP contribution in [0.25, 0.3) is 0 Å². The van der Waals surface area contributed by atoms with Gasteiger partial charge in [0.15, 0.2) is 0 Å². The van der Waals surface area contributed by atoms with Crippen molar-refractivity contribution in [1.82, 2.24) is 5.32 Å². The Morgan fingerprint density at radius 3 is 2.00 bits per heavy atom. The van der Waals surface area contributed by atoms with E-state index in [-0.39, 0.29) is 23.3 Å². The smallest absolute Gasteiger partial charge is 0.407 e. The van der Waals surface area contributed by atoms with E-state index in [9.17, 15) is 4.79 Å². The number of hydrogen-bond acceptors (Lipinski definition) is 3. The molecular weight excluding hydrogens is 414 g/mol. The van der Waals surface area contributed by atoms with E-state index in [2.05, 4.69) is 81.5 Å². The first-order valence-corrected chi connectivity index (χ1v) is 14.0. The van der Waals surface area contributed by atoms with Gasteiger partial charge >= 0.3 is 6.09 Å². The average Bonchev–Trinajstić information content (AvgIpc) is 3.14. The van der Waals surface area contributed by atoms with Crippen molar-refractivity contribution in [3.8, 4) is 0 Å². The molecule has 32 heavy (non-hydrogen) atoms. The number of benzene rings is 2. The van der Waals surface area contributed by atoms with E-state index < -0.39 is 8.32 Å². The van der Waals surface area contributed by atoms with Crippen LogP contribution in [0.5, 0.6) is 0 Å². The molecule has 5 heteroatoms. The van der Waals surface area contributed by atoms with Crippen LogP contribution in [-0.4, -0.2) is 33.2 Å². The maximum atomic E-state index is 12.1. The summed E-state index contributed by atoms with van der Waals surface area (Å²) in [6.07, 6.45) is 6.42. The molecule has 0 aliphatic carbocycles. The van der Waals surface area contributed by atoms with Crippen molar-refractivity contribution < 1.29 is 14.0 Å². The van der Waals surface area contributed by atoms with Crippen LogP contribution in [0.15, 0.2) is 60.7 Å². The predicted octanol–water partition coefficient (Wildman–Crippen LogP) is 5.40. The molecule has 3 rings (SSSR count). The van der Waals surface area contributed by atoms with Crippen LogP contribution in [-0.2, 0) is 9.16 Å². The van der Waals surface area contributed by atoms with Gasteiger partial charge in [0.2, 0.25) is 0 Å². The molecule has 0 aromatic heterocycles. The van der Waals surface area contributed by atoms with Crippen molar-refractivity contribution >= 4 is 24.8 Å². The van der Waals surface area contributed by atoms with Gasteiger partial charge in [0.25, 0.3) is 8.32 Å². The van der Waals surface area contributed by atoms with E-state index in [1.807, 2.05) is 12.1 Å². The van der Waals surface area contributed by atoms with Gasteiger partial charge in [-0.05, 0) is 21.8 Å². The first-order valence-electron chi connectivity index (χ1n) is 12.1. The van der Waals surface area contributed by atoms with Gasteiger partial charge in [-0.2, -0.15) is 0 Å². The summed E-state index contributed by atoms with van der Waals surface area (Å²) < 4.78 is 12.7.